The van der Waals surface area contributed by atoms with Crippen molar-refractivity contribution in [2.45, 2.75) is 19.3 Å². The summed E-state index contributed by atoms with van der Waals surface area (Å²) in [6, 6.07) is 7.92. The highest BCUT2D eigenvalue weighted by molar-refractivity contribution is 6.31. The summed E-state index contributed by atoms with van der Waals surface area (Å²) >= 11 is 5.93. The Labute approximate surface area is 220 Å². The number of nitrogens with one attached hydrogen (secondary N) is 2. The van der Waals surface area contributed by atoms with E-state index in [2.05, 4.69) is 25.5 Å². The van der Waals surface area contributed by atoms with Crippen molar-refractivity contribution in [3.63, 3.8) is 0 Å². The van der Waals surface area contributed by atoms with Crippen LogP contribution in [-0.4, -0.2) is 61.2 Å². The lowest BCUT2D eigenvalue weighted by Crippen LogP contribution is -2.21. The lowest BCUT2D eigenvalue weighted by Gasteiger charge is -2.15. The second-order valence-corrected chi connectivity index (χ2v) is 9.50. The number of fused-ring (bicyclic) bond motifs is 1. The molecule has 1 fully saturated rings. The van der Waals surface area contributed by atoms with Crippen molar-refractivity contribution < 1.29 is 18.7 Å². The van der Waals surface area contributed by atoms with Gasteiger partial charge in [-0.2, -0.15) is 0 Å². The Morgan fingerprint density at radius 3 is 2.86 bits per heavy atom. The zero-order valence-electron chi connectivity index (χ0n) is 21.0. The molecule has 0 saturated heterocycles. The Kier molecular flexibility index (Phi) is 9.27. The molecule has 1 aliphatic rings. The maximum absolute atomic E-state index is 13.6. The first-order valence-electron chi connectivity index (χ1n) is 12.2. The zero-order chi connectivity index (χ0) is 26.2. The fraction of sp³-hybridized carbons (Fsp3) is 0.370. The Morgan fingerprint density at radius 1 is 1.27 bits per heavy atom. The summed E-state index contributed by atoms with van der Waals surface area (Å²) in [5.74, 6) is 0.810. The third-order valence-corrected chi connectivity index (χ3v) is 6.21. The molecule has 0 unspecified atom stereocenters. The molecule has 2 N–H and O–H groups in total. The number of ether oxygens (including phenoxy) is 2. The van der Waals surface area contributed by atoms with Crippen LogP contribution in [0.4, 0.5) is 21.6 Å². The fourth-order valence-electron chi connectivity index (χ4n) is 3.69. The molecule has 37 heavy (non-hydrogen) atoms. The van der Waals surface area contributed by atoms with E-state index < -0.39 is 5.82 Å². The van der Waals surface area contributed by atoms with Gasteiger partial charge in [0.1, 0.15) is 23.7 Å². The molecule has 0 aliphatic heterocycles. The largest absolute Gasteiger partial charge is 0.491 e. The number of amides is 1. The molecule has 0 radical (unpaired) electrons. The van der Waals surface area contributed by atoms with Gasteiger partial charge in [-0.15, -0.1) is 0 Å². The van der Waals surface area contributed by atoms with Crippen LogP contribution in [0, 0.1) is 11.7 Å². The normalized spacial score (nSPS) is 13.4. The van der Waals surface area contributed by atoms with E-state index in [-0.39, 0.29) is 10.9 Å². The molecule has 3 aromatic rings. The van der Waals surface area contributed by atoms with Crippen LogP contribution in [0.1, 0.15) is 19.3 Å². The third kappa shape index (κ3) is 7.85. The van der Waals surface area contributed by atoms with Gasteiger partial charge >= 0.3 is 0 Å². The summed E-state index contributed by atoms with van der Waals surface area (Å²) < 4.78 is 24.7. The van der Waals surface area contributed by atoms with Gasteiger partial charge in [-0.05, 0) is 56.5 Å². The number of halogens is 2. The number of hydrogen-bond acceptors (Lipinski definition) is 7. The Bertz CT molecular complexity index is 1270. The molecular weight excluding hydrogens is 497 g/mol. The summed E-state index contributed by atoms with van der Waals surface area (Å²) in [6.45, 7) is 2.80. The van der Waals surface area contributed by atoms with Crippen LogP contribution >= 0.6 is 11.6 Å². The summed E-state index contributed by atoms with van der Waals surface area (Å²) in [6.07, 6.45) is 7.99. The highest BCUT2D eigenvalue weighted by Gasteiger charge is 2.23. The monoisotopic (exact) mass is 527 g/mol. The predicted octanol–water partition coefficient (Wildman–Crippen LogP) is 5.42. The van der Waals surface area contributed by atoms with Gasteiger partial charge in [0.2, 0.25) is 5.91 Å². The van der Waals surface area contributed by atoms with Crippen molar-refractivity contribution in [3.8, 4) is 5.75 Å². The van der Waals surface area contributed by atoms with E-state index in [1.54, 1.807) is 25.3 Å². The standard InChI is InChI=1S/C27H31ClFN5O3/c1-34(11-4-12-36-2)10-3-5-26(35)33-24-14-20-23(15-25(24)37-16-18-6-7-18)30-17-31-27(20)32-19-8-9-22(29)21(28)13-19/h3,5,8-9,13-15,17-18H,4,6-7,10-12,16H2,1-2H3,(H,33,35)(H,30,31,32)/b5-3+. The first kappa shape index (κ1) is 26.8. The number of anilines is 3. The Balaban J connectivity index is 1.54. The molecule has 8 nitrogen and oxygen atoms in total. The highest BCUT2D eigenvalue weighted by Crippen LogP contribution is 2.36. The van der Waals surface area contributed by atoms with Gasteiger partial charge in [-0.3, -0.25) is 4.79 Å². The van der Waals surface area contributed by atoms with E-state index in [9.17, 15) is 9.18 Å². The number of aromatic nitrogens is 2. The van der Waals surface area contributed by atoms with Crippen molar-refractivity contribution in [3.05, 3.63) is 59.7 Å². The molecule has 10 heteroatoms. The first-order valence-corrected chi connectivity index (χ1v) is 12.6. The van der Waals surface area contributed by atoms with Gasteiger partial charge in [0.25, 0.3) is 0 Å². The molecule has 4 rings (SSSR count). The minimum absolute atomic E-state index is 0.00297. The lowest BCUT2D eigenvalue weighted by atomic mass is 10.1. The predicted molar refractivity (Wildman–Crippen MR) is 144 cm³/mol. The zero-order valence-corrected chi connectivity index (χ0v) is 21.7. The van der Waals surface area contributed by atoms with E-state index in [0.717, 1.165) is 25.8 Å². The molecular formula is C27H31ClFN5O3. The molecule has 1 aromatic heterocycles. The molecule has 0 spiro atoms. The molecule has 196 valence electrons. The first-order chi connectivity index (χ1) is 17.9. The van der Waals surface area contributed by atoms with Gasteiger partial charge in [-0.1, -0.05) is 17.7 Å². The van der Waals surface area contributed by atoms with Crippen molar-refractivity contribution in [2.24, 2.45) is 5.92 Å². The van der Waals surface area contributed by atoms with Crippen LogP contribution < -0.4 is 15.4 Å². The number of benzene rings is 2. The second kappa shape index (κ2) is 12.8. The fourth-order valence-corrected chi connectivity index (χ4v) is 3.87. The van der Waals surface area contributed by atoms with Crippen LogP contribution in [0.5, 0.6) is 5.75 Å². The number of rotatable bonds is 13. The second-order valence-electron chi connectivity index (χ2n) is 9.10. The van der Waals surface area contributed by atoms with Crippen LogP contribution in [0.25, 0.3) is 10.9 Å². The topological polar surface area (TPSA) is 88.6 Å². The number of carbonyl (C=O) groups is 1. The van der Waals surface area contributed by atoms with Crippen molar-refractivity contribution >= 4 is 45.6 Å². The molecule has 0 atom stereocenters. The van der Waals surface area contributed by atoms with Gasteiger partial charge in [0.15, 0.2) is 0 Å². The lowest BCUT2D eigenvalue weighted by molar-refractivity contribution is -0.111. The number of methoxy groups -OCH3 is 1. The van der Waals surface area contributed by atoms with E-state index in [1.165, 1.54) is 24.5 Å². The van der Waals surface area contributed by atoms with Crippen LogP contribution in [-0.2, 0) is 9.53 Å². The maximum Gasteiger partial charge on any atom is 0.248 e. The van der Waals surface area contributed by atoms with E-state index >= 15 is 0 Å². The summed E-state index contributed by atoms with van der Waals surface area (Å²) in [5.41, 5.74) is 1.73. The van der Waals surface area contributed by atoms with Crippen LogP contribution in [0.2, 0.25) is 5.02 Å². The van der Waals surface area contributed by atoms with Crippen LogP contribution in [0.15, 0.2) is 48.8 Å². The molecule has 1 saturated carbocycles. The quantitative estimate of drug-likeness (QED) is 0.227. The summed E-state index contributed by atoms with van der Waals surface area (Å²) in [7, 11) is 3.68. The number of likely N-dealkylation sites (N-methyl/N-ethyl adjacent to an activating group) is 1. The molecule has 1 amide bonds. The van der Waals surface area contributed by atoms with Gasteiger partial charge in [-0.25, -0.2) is 14.4 Å². The van der Waals surface area contributed by atoms with E-state index in [4.69, 9.17) is 21.1 Å². The average Bonchev–Trinajstić information content (AvgIpc) is 3.70. The number of nitrogens with zero attached hydrogens (tertiary/aromatic N) is 3. The average molecular weight is 528 g/mol. The van der Waals surface area contributed by atoms with Crippen molar-refractivity contribution in [1.82, 2.24) is 14.9 Å². The third-order valence-electron chi connectivity index (χ3n) is 5.92. The molecule has 1 heterocycles. The Morgan fingerprint density at radius 2 is 2.11 bits per heavy atom. The number of carbonyl (C=O) groups excluding carboxylic acids is 1. The van der Waals surface area contributed by atoms with Crippen molar-refractivity contribution in [2.75, 3.05) is 51.1 Å². The van der Waals surface area contributed by atoms with E-state index in [0.29, 0.717) is 59.5 Å². The smallest absolute Gasteiger partial charge is 0.248 e. The SMILES string of the molecule is COCCCN(C)C/C=C/C(=O)Nc1cc2c(Nc3ccc(F)c(Cl)c3)ncnc2cc1OCC1CC1. The minimum Gasteiger partial charge on any atom is -0.491 e. The van der Waals surface area contributed by atoms with Crippen LogP contribution in [0.3, 0.4) is 0 Å². The van der Waals surface area contributed by atoms with Crippen molar-refractivity contribution in [1.29, 1.82) is 0 Å². The summed E-state index contributed by atoms with van der Waals surface area (Å²) in [5, 5.41) is 6.76. The van der Waals surface area contributed by atoms with Gasteiger partial charge < -0.3 is 25.0 Å². The molecule has 1 aliphatic carbocycles. The molecule has 0 bridgehead atoms. The number of hydrogen-bond donors (Lipinski definition) is 2. The highest BCUT2D eigenvalue weighted by atomic mass is 35.5. The van der Waals surface area contributed by atoms with E-state index in [1.807, 2.05) is 13.1 Å². The Hall–Kier alpha value is -3.27. The summed E-state index contributed by atoms with van der Waals surface area (Å²) in [4.78, 5) is 23.6. The minimum atomic E-state index is -0.503. The van der Waals surface area contributed by atoms with Gasteiger partial charge in [0.05, 0.1) is 22.8 Å². The van der Waals surface area contributed by atoms with Gasteiger partial charge in [0, 0.05) is 50.0 Å². The molecule has 2 aromatic carbocycles. The maximum atomic E-state index is 13.6.